The summed E-state index contributed by atoms with van der Waals surface area (Å²) in [7, 11) is 0. The van der Waals surface area contributed by atoms with Gasteiger partial charge in [0.25, 0.3) is 5.91 Å². The number of carbonyl (C=O) groups excluding carboxylic acids is 1. The summed E-state index contributed by atoms with van der Waals surface area (Å²) in [6, 6.07) is 8.90. The van der Waals surface area contributed by atoms with Crippen molar-refractivity contribution in [3.05, 3.63) is 42.1 Å². The van der Waals surface area contributed by atoms with E-state index in [0.29, 0.717) is 36.0 Å². The maximum atomic E-state index is 12.4. The van der Waals surface area contributed by atoms with Gasteiger partial charge >= 0.3 is 0 Å². The topological polar surface area (TPSA) is 60.5 Å². The minimum atomic E-state index is -0.211. The van der Waals surface area contributed by atoms with Crippen LogP contribution in [0.15, 0.2) is 41.6 Å². The van der Waals surface area contributed by atoms with Crippen LogP contribution in [0.4, 0.5) is 5.69 Å². The number of pyridine rings is 1. The molecule has 1 amide bonds. The highest BCUT2D eigenvalue weighted by atomic mass is 32.2. The van der Waals surface area contributed by atoms with Crippen LogP contribution in [0.2, 0.25) is 0 Å². The standard InChI is InChI=1S/C18H22N2O3S/c1-4-10-23-15-8-6-13(11-16(15)22-5-2)18(21)20-14-7-9-17(24-3)19-12-14/h6-9,11-12H,4-5,10H2,1-3H3,(H,20,21). The molecule has 1 N–H and O–H groups in total. The third-order valence-electron chi connectivity index (χ3n) is 3.17. The van der Waals surface area contributed by atoms with Crippen molar-refractivity contribution in [1.29, 1.82) is 0 Å². The largest absolute Gasteiger partial charge is 0.490 e. The van der Waals surface area contributed by atoms with E-state index in [1.54, 1.807) is 36.2 Å². The van der Waals surface area contributed by atoms with Crippen molar-refractivity contribution in [3.63, 3.8) is 0 Å². The summed E-state index contributed by atoms with van der Waals surface area (Å²) in [4.78, 5) is 16.7. The van der Waals surface area contributed by atoms with Gasteiger partial charge in [-0.3, -0.25) is 4.79 Å². The van der Waals surface area contributed by atoms with Gasteiger partial charge < -0.3 is 14.8 Å². The highest BCUT2D eigenvalue weighted by molar-refractivity contribution is 7.98. The molecule has 1 aromatic heterocycles. The summed E-state index contributed by atoms with van der Waals surface area (Å²) in [5.41, 5.74) is 1.17. The van der Waals surface area contributed by atoms with Crippen LogP contribution >= 0.6 is 11.8 Å². The molecule has 1 aromatic carbocycles. The Hall–Kier alpha value is -2.21. The van der Waals surface area contributed by atoms with Gasteiger partial charge in [-0.2, -0.15) is 0 Å². The van der Waals surface area contributed by atoms with Crippen LogP contribution in [-0.4, -0.2) is 30.4 Å². The molecule has 0 saturated heterocycles. The molecule has 0 fully saturated rings. The SMILES string of the molecule is CCCOc1ccc(C(=O)Nc2ccc(SC)nc2)cc1OCC. The van der Waals surface area contributed by atoms with Gasteiger partial charge in [0.1, 0.15) is 0 Å². The number of benzene rings is 1. The summed E-state index contributed by atoms with van der Waals surface area (Å²) in [5, 5.41) is 3.74. The van der Waals surface area contributed by atoms with Crippen molar-refractivity contribution in [2.24, 2.45) is 0 Å². The zero-order valence-electron chi connectivity index (χ0n) is 14.2. The van der Waals surface area contributed by atoms with E-state index in [1.165, 1.54) is 0 Å². The lowest BCUT2D eigenvalue weighted by Gasteiger charge is -2.13. The number of hydrogen-bond acceptors (Lipinski definition) is 5. The van der Waals surface area contributed by atoms with Crippen LogP contribution in [0.1, 0.15) is 30.6 Å². The number of rotatable bonds is 8. The molecule has 0 bridgehead atoms. The number of nitrogens with zero attached hydrogens (tertiary/aromatic N) is 1. The lowest BCUT2D eigenvalue weighted by atomic mass is 10.2. The van der Waals surface area contributed by atoms with Gasteiger partial charge in [0.15, 0.2) is 11.5 Å². The Labute approximate surface area is 146 Å². The fourth-order valence-electron chi connectivity index (χ4n) is 2.03. The van der Waals surface area contributed by atoms with Crippen LogP contribution in [0.5, 0.6) is 11.5 Å². The second-order valence-electron chi connectivity index (χ2n) is 4.99. The predicted octanol–water partition coefficient (Wildman–Crippen LogP) is 4.24. The van der Waals surface area contributed by atoms with Crippen molar-refractivity contribution in [3.8, 4) is 11.5 Å². The summed E-state index contributed by atoms with van der Waals surface area (Å²) in [6.07, 6.45) is 4.51. The minimum absolute atomic E-state index is 0.211. The van der Waals surface area contributed by atoms with E-state index in [1.807, 2.05) is 32.2 Å². The molecule has 0 aliphatic rings. The van der Waals surface area contributed by atoms with Crippen LogP contribution in [-0.2, 0) is 0 Å². The molecule has 0 spiro atoms. The molecule has 24 heavy (non-hydrogen) atoms. The van der Waals surface area contributed by atoms with E-state index in [0.717, 1.165) is 11.4 Å². The quantitative estimate of drug-likeness (QED) is 0.724. The first-order valence-corrected chi connectivity index (χ1v) is 9.11. The fraction of sp³-hybridized carbons (Fsp3) is 0.333. The van der Waals surface area contributed by atoms with E-state index >= 15 is 0 Å². The third-order valence-corrected chi connectivity index (χ3v) is 3.83. The lowest BCUT2D eigenvalue weighted by molar-refractivity contribution is 0.102. The molecular formula is C18H22N2O3S. The van der Waals surface area contributed by atoms with Gasteiger partial charge in [0, 0.05) is 5.56 Å². The molecule has 0 atom stereocenters. The van der Waals surface area contributed by atoms with Crippen molar-refractivity contribution < 1.29 is 14.3 Å². The predicted molar refractivity (Wildman–Crippen MR) is 97.4 cm³/mol. The van der Waals surface area contributed by atoms with Crippen molar-refractivity contribution in [2.45, 2.75) is 25.3 Å². The van der Waals surface area contributed by atoms with Crippen LogP contribution in [0.25, 0.3) is 0 Å². The van der Waals surface area contributed by atoms with Crippen LogP contribution < -0.4 is 14.8 Å². The first-order chi connectivity index (χ1) is 11.7. The Balaban J connectivity index is 2.13. The van der Waals surface area contributed by atoms with Crippen molar-refractivity contribution in [1.82, 2.24) is 4.98 Å². The molecule has 5 nitrogen and oxygen atoms in total. The van der Waals surface area contributed by atoms with Crippen LogP contribution in [0.3, 0.4) is 0 Å². The smallest absolute Gasteiger partial charge is 0.255 e. The van der Waals surface area contributed by atoms with Gasteiger partial charge in [-0.05, 0) is 49.9 Å². The Morgan fingerprint density at radius 1 is 1.17 bits per heavy atom. The first-order valence-electron chi connectivity index (χ1n) is 7.89. The van der Waals surface area contributed by atoms with E-state index in [4.69, 9.17) is 9.47 Å². The molecule has 2 aromatic rings. The van der Waals surface area contributed by atoms with Crippen LogP contribution in [0, 0.1) is 0 Å². The van der Waals surface area contributed by atoms with E-state index < -0.39 is 0 Å². The zero-order chi connectivity index (χ0) is 17.4. The molecule has 0 aliphatic carbocycles. The normalized spacial score (nSPS) is 10.3. The van der Waals surface area contributed by atoms with Gasteiger partial charge in [0.2, 0.25) is 0 Å². The first kappa shape index (κ1) is 18.1. The number of anilines is 1. The summed E-state index contributed by atoms with van der Waals surface area (Å²) in [5.74, 6) is 1.02. The highest BCUT2D eigenvalue weighted by Gasteiger charge is 2.12. The number of ether oxygens (including phenoxy) is 2. The number of carbonyl (C=O) groups is 1. The number of amides is 1. The number of thioether (sulfide) groups is 1. The number of aromatic nitrogens is 1. The molecule has 128 valence electrons. The average Bonchev–Trinajstić information content (AvgIpc) is 2.61. The molecule has 0 saturated carbocycles. The maximum Gasteiger partial charge on any atom is 0.255 e. The molecule has 6 heteroatoms. The molecule has 0 radical (unpaired) electrons. The summed E-state index contributed by atoms with van der Waals surface area (Å²) in [6.45, 7) is 5.06. The second-order valence-corrected chi connectivity index (χ2v) is 5.81. The van der Waals surface area contributed by atoms with Crippen molar-refractivity contribution >= 4 is 23.4 Å². The number of nitrogens with one attached hydrogen (secondary N) is 1. The monoisotopic (exact) mass is 346 g/mol. The van der Waals surface area contributed by atoms with E-state index in [9.17, 15) is 4.79 Å². The van der Waals surface area contributed by atoms with Gasteiger partial charge in [-0.25, -0.2) is 4.98 Å². The Morgan fingerprint density at radius 2 is 2.00 bits per heavy atom. The Bertz CT molecular complexity index is 674. The minimum Gasteiger partial charge on any atom is -0.490 e. The maximum absolute atomic E-state index is 12.4. The average molecular weight is 346 g/mol. The molecule has 1 heterocycles. The second kappa shape index (κ2) is 9.17. The Kier molecular flexibility index (Phi) is 6.93. The highest BCUT2D eigenvalue weighted by Crippen LogP contribution is 2.29. The number of hydrogen-bond donors (Lipinski definition) is 1. The lowest BCUT2D eigenvalue weighted by Crippen LogP contribution is -2.12. The molecule has 2 rings (SSSR count). The zero-order valence-corrected chi connectivity index (χ0v) is 15.0. The van der Waals surface area contributed by atoms with Gasteiger partial charge in [0.05, 0.1) is 30.1 Å². The van der Waals surface area contributed by atoms with Gasteiger partial charge in [-0.15, -0.1) is 11.8 Å². The van der Waals surface area contributed by atoms with Gasteiger partial charge in [-0.1, -0.05) is 6.92 Å². The molecule has 0 aliphatic heterocycles. The molecule has 0 unspecified atom stereocenters. The van der Waals surface area contributed by atoms with E-state index in [2.05, 4.69) is 10.3 Å². The fourth-order valence-corrected chi connectivity index (χ4v) is 2.39. The molecular weight excluding hydrogens is 324 g/mol. The van der Waals surface area contributed by atoms with E-state index in [-0.39, 0.29) is 5.91 Å². The Morgan fingerprint density at radius 3 is 2.62 bits per heavy atom. The summed E-state index contributed by atoms with van der Waals surface area (Å²) >= 11 is 1.55. The van der Waals surface area contributed by atoms with Crippen molar-refractivity contribution in [2.75, 3.05) is 24.8 Å². The summed E-state index contributed by atoms with van der Waals surface area (Å²) < 4.78 is 11.2. The third kappa shape index (κ3) is 4.89.